The van der Waals surface area contributed by atoms with Gasteiger partial charge >= 0.3 is 0 Å². The van der Waals surface area contributed by atoms with Gasteiger partial charge < -0.3 is 0 Å². The van der Waals surface area contributed by atoms with Gasteiger partial charge in [0.1, 0.15) is 0 Å². The van der Waals surface area contributed by atoms with Gasteiger partial charge in [-0.25, -0.2) is 0 Å². The lowest BCUT2D eigenvalue weighted by Gasteiger charge is -2.33. The van der Waals surface area contributed by atoms with E-state index >= 15 is 0 Å². The molecule has 36 heavy (non-hydrogen) atoms. The highest BCUT2D eigenvalue weighted by atomic mass is 35.5. The van der Waals surface area contributed by atoms with Crippen molar-refractivity contribution in [2.45, 2.75) is 32.1 Å². The average Bonchev–Trinajstić information content (AvgIpc) is 3.25. The molecule has 4 aromatic rings. The normalized spacial score (nSPS) is 19.7. The highest BCUT2D eigenvalue weighted by Gasteiger charge is 2.29. The summed E-state index contributed by atoms with van der Waals surface area (Å²) in [6.07, 6.45) is 13.8. The van der Waals surface area contributed by atoms with E-state index in [1.807, 2.05) is 18.5 Å². The summed E-state index contributed by atoms with van der Waals surface area (Å²) in [5.74, 6) is 1.06. The van der Waals surface area contributed by atoms with E-state index in [0.29, 0.717) is 11.8 Å². The first-order valence-corrected chi connectivity index (χ1v) is 13.9. The number of rotatable bonds is 1. The Balaban J connectivity index is 0.000000200. The van der Waals surface area contributed by atoms with Crippen molar-refractivity contribution in [1.82, 2.24) is 0 Å². The Kier molecular flexibility index (Phi) is 6.48. The molecule has 1 nitrogen and oxygen atoms in total. The van der Waals surface area contributed by atoms with Crippen molar-refractivity contribution in [3.05, 3.63) is 128 Å². The molecule has 0 fully saturated rings. The fourth-order valence-corrected chi connectivity index (χ4v) is 6.72. The maximum atomic E-state index is 6.43. The Morgan fingerprint density at radius 1 is 0.889 bits per heavy atom. The number of allylic oxidation sites excluding steroid dienone is 4. The highest BCUT2D eigenvalue weighted by molar-refractivity contribution is 7.11. The van der Waals surface area contributed by atoms with Gasteiger partial charge in [0.15, 0.2) is 0 Å². The fourth-order valence-electron chi connectivity index (χ4n) is 5.66. The van der Waals surface area contributed by atoms with Gasteiger partial charge in [0.2, 0.25) is 0 Å². The van der Waals surface area contributed by atoms with E-state index < -0.39 is 0 Å². The van der Waals surface area contributed by atoms with Gasteiger partial charge in [-0.1, -0.05) is 90.8 Å². The summed E-state index contributed by atoms with van der Waals surface area (Å²) in [6, 6.07) is 23.8. The molecule has 0 radical (unpaired) electrons. The van der Waals surface area contributed by atoms with E-state index in [-0.39, 0.29) is 0 Å². The van der Waals surface area contributed by atoms with E-state index in [0.717, 1.165) is 24.3 Å². The van der Waals surface area contributed by atoms with Crippen LogP contribution in [-0.2, 0) is 12.8 Å². The summed E-state index contributed by atoms with van der Waals surface area (Å²) < 4.78 is 0. The van der Waals surface area contributed by atoms with Crippen LogP contribution in [0.25, 0.3) is 22.4 Å². The maximum Gasteiger partial charge on any atom is 0.0484 e. The van der Waals surface area contributed by atoms with Crippen LogP contribution in [0, 0.1) is 5.92 Å². The minimum Gasteiger partial charge on any atom is -0.269 e. The van der Waals surface area contributed by atoms with Crippen LogP contribution in [0.3, 0.4) is 0 Å². The molecular formula is C33H28ClNS. The van der Waals surface area contributed by atoms with Gasteiger partial charge in [0.25, 0.3) is 0 Å². The third kappa shape index (κ3) is 4.40. The zero-order chi connectivity index (χ0) is 24.5. The Bertz CT molecular complexity index is 1540. The lowest BCUT2D eigenvalue weighted by Crippen LogP contribution is -2.18. The fraction of sp³-hybridized carbons (Fsp3) is 0.182. The van der Waals surface area contributed by atoms with Gasteiger partial charge in [-0.15, -0.1) is 11.3 Å². The Morgan fingerprint density at radius 2 is 1.78 bits per heavy atom. The molecule has 2 heterocycles. The molecule has 3 aliphatic rings. The number of benzene rings is 3. The summed E-state index contributed by atoms with van der Waals surface area (Å²) in [5, 5.41) is 5.45. The summed E-state index contributed by atoms with van der Waals surface area (Å²) >= 11 is 8.21. The molecule has 3 aromatic carbocycles. The third-order valence-corrected chi connectivity index (χ3v) is 8.79. The molecule has 2 aliphatic carbocycles. The van der Waals surface area contributed by atoms with E-state index in [4.69, 9.17) is 11.6 Å². The Labute approximate surface area is 222 Å². The second kappa shape index (κ2) is 10.0. The molecule has 0 N–H and O–H groups in total. The average molecular weight is 506 g/mol. The molecule has 1 aliphatic heterocycles. The van der Waals surface area contributed by atoms with Crippen molar-refractivity contribution in [1.29, 1.82) is 0 Å². The van der Waals surface area contributed by atoms with E-state index in [2.05, 4.69) is 96.2 Å². The van der Waals surface area contributed by atoms with Gasteiger partial charge in [-0.3, -0.25) is 4.99 Å². The molecule has 3 heteroatoms. The second-order valence-electron chi connectivity index (χ2n) is 9.71. The van der Waals surface area contributed by atoms with Crippen molar-refractivity contribution in [3.63, 3.8) is 0 Å². The van der Waals surface area contributed by atoms with Gasteiger partial charge in [0.05, 0.1) is 0 Å². The van der Waals surface area contributed by atoms with Crippen LogP contribution in [0.15, 0.2) is 101 Å². The van der Waals surface area contributed by atoms with Crippen molar-refractivity contribution in [2.24, 2.45) is 10.9 Å². The molecular weight excluding hydrogens is 478 g/mol. The van der Waals surface area contributed by atoms with Gasteiger partial charge in [0, 0.05) is 40.0 Å². The topological polar surface area (TPSA) is 12.4 Å². The van der Waals surface area contributed by atoms with Crippen LogP contribution in [0.1, 0.15) is 46.4 Å². The van der Waals surface area contributed by atoms with Gasteiger partial charge in [-0.05, 0) is 75.6 Å². The lowest BCUT2D eigenvalue weighted by atomic mass is 9.71. The van der Waals surface area contributed by atoms with Crippen molar-refractivity contribution in [2.75, 3.05) is 0 Å². The molecule has 2 unspecified atom stereocenters. The SMILES string of the molecule is C1=Cc2sccc2CC=N1.CC1Cc2c(ccc3c(Cl)cccc23)C2=C1CC(c1ccccc1)C=C2. The molecule has 0 spiro atoms. The molecule has 178 valence electrons. The predicted molar refractivity (Wildman–Crippen MR) is 157 cm³/mol. The van der Waals surface area contributed by atoms with E-state index in [1.54, 1.807) is 16.9 Å². The zero-order valence-corrected chi connectivity index (χ0v) is 21.9. The molecule has 1 aromatic heterocycles. The number of hydrogen-bond donors (Lipinski definition) is 0. The Hall–Kier alpha value is -3.20. The van der Waals surface area contributed by atoms with Crippen LogP contribution < -0.4 is 0 Å². The standard InChI is InChI=1S/C25H21Cl.C8H7NS/c1-16-14-24-19-8-5-9-25(26)22(19)13-12-21(24)20-11-10-18(15-23(16)20)17-6-3-2-4-7-17;1-4-9-5-2-8-7(1)3-6-10-8/h2-13,16,18H,14-15H2,1H3;2-6H,1H2. The maximum absolute atomic E-state index is 6.43. The quantitative estimate of drug-likeness (QED) is 0.244. The minimum absolute atomic E-state index is 0.494. The number of hydrogen-bond acceptors (Lipinski definition) is 2. The highest BCUT2D eigenvalue weighted by Crippen LogP contribution is 2.46. The van der Waals surface area contributed by atoms with Crippen LogP contribution in [0.2, 0.25) is 5.02 Å². The summed E-state index contributed by atoms with van der Waals surface area (Å²) in [6.45, 7) is 2.38. The van der Waals surface area contributed by atoms with E-state index in [1.165, 1.54) is 43.5 Å². The van der Waals surface area contributed by atoms with Gasteiger partial charge in [-0.2, -0.15) is 0 Å². The molecule has 7 rings (SSSR count). The number of fused-ring (bicyclic) bond motifs is 5. The number of halogens is 1. The molecule has 0 amide bonds. The lowest BCUT2D eigenvalue weighted by molar-refractivity contribution is 0.614. The first-order valence-electron chi connectivity index (χ1n) is 12.6. The first kappa shape index (κ1) is 23.2. The zero-order valence-electron chi connectivity index (χ0n) is 20.3. The largest absolute Gasteiger partial charge is 0.269 e. The number of nitrogens with zero attached hydrogens (tertiary/aromatic N) is 1. The molecule has 2 atom stereocenters. The summed E-state index contributed by atoms with van der Waals surface area (Å²) in [5.41, 5.74) is 8.71. The van der Waals surface area contributed by atoms with Crippen LogP contribution in [-0.4, -0.2) is 6.21 Å². The summed E-state index contributed by atoms with van der Waals surface area (Å²) in [4.78, 5) is 5.40. The van der Waals surface area contributed by atoms with Crippen molar-refractivity contribution in [3.8, 4) is 0 Å². The molecule has 0 saturated heterocycles. The number of thiophene rings is 1. The van der Waals surface area contributed by atoms with Crippen LogP contribution >= 0.6 is 22.9 Å². The second-order valence-corrected chi connectivity index (χ2v) is 11.1. The monoisotopic (exact) mass is 505 g/mol. The minimum atomic E-state index is 0.494. The predicted octanol–water partition coefficient (Wildman–Crippen LogP) is 9.53. The van der Waals surface area contributed by atoms with E-state index in [9.17, 15) is 0 Å². The van der Waals surface area contributed by atoms with Crippen molar-refractivity contribution >= 4 is 51.6 Å². The van der Waals surface area contributed by atoms with Crippen molar-refractivity contribution < 1.29 is 0 Å². The molecule has 0 bridgehead atoms. The third-order valence-electron chi connectivity index (χ3n) is 7.53. The first-order chi connectivity index (χ1) is 17.7. The molecule has 0 saturated carbocycles. The Morgan fingerprint density at radius 3 is 2.67 bits per heavy atom. The number of aliphatic imine (C=N–C) groups is 1. The summed E-state index contributed by atoms with van der Waals surface area (Å²) in [7, 11) is 0. The van der Waals surface area contributed by atoms with Crippen LogP contribution in [0.5, 0.6) is 0 Å². The smallest absolute Gasteiger partial charge is 0.0484 e. The van der Waals surface area contributed by atoms with Crippen LogP contribution in [0.4, 0.5) is 0 Å².